The van der Waals surface area contributed by atoms with Crippen LogP contribution in [0.3, 0.4) is 0 Å². The lowest BCUT2D eigenvalue weighted by Gasteiger charge is -2.50. The Bertz CT molecular complexity index is 1200. The van der Waals surface area contributed by atoms with Gasteiger partial charge in [0.15, 0.2) is 0 Å². The van der Waals surface area contributed by atoms with Crippen molar-refractivity contribution in [2.24, 2.45) is 11.3 Å². The van der Waals surface area contributed by atoms with Crippen LogP contribution in [0, 0.1) is 21.4 Å². The number of hydrogen-bond donors (Lipinski definition) is 0. The fraction of sp³-hybridized carbons (Fsp3) is 0.500. The Morgan fingerprint density at radius 2 is 1.79 bits per heavy atom. The molecule has 1 saturated heterocycles. The first kappa shape index (κ1) is 28.8. The molecule has 3 rings (SSSR count). The summed E-state index contributed by atoms with van der Waals surface area (Å²) in [7, 11) is -1.58. The lowest BCUT2D eigenvalue weighted by Crippen LogP contribution is -2.68. The van der Waals surface area contributed by atoms with E-state index < -0.39 is 69.3 Å². The van der Waals surface area contributed by atoms with Gasteiger partial charge in [-0.2, -0.15) is 0 Å². The summed E-state index contributed by atoms with van der Waals surface area (Å²) >= 11 is 0. The molecule has 206 valence electrons. The Hall–Kier alpha value is -3.81. The fourth-order valence-electron chi connectivity index (χ4n) is 3.82. The van der Waals surface area contributed by atoms with Crippen molar-refractivity contribution in [3.05, 3.63) is 51.2 Å². The Balaban J connectivity index is 1.58. The van der Waals surface area contributed by atoms with E-state index in [-0.39, 0.29) is 23.7 Å². The minimum Gasteiger partial charge on any atom is -0.430 e. The number of nitro benzene ring substituents is 1. The number of carbonyl (C=O) groups excluding carboxylic acids is 4. The summed E-state index contributed by atoms with van der Waals surface area (Å²) in [6, 6.07) is 5.37. The fourth-order valence-corrected chi connectivity index (χ4v) is 5.66. The average molecular weight is 553 g/mol. The molecule has 2 aliphatic rings. The first-order valence-electron chi connectivity index (χ1n) is 11.5. The van der Waals surface area contributed by atoms with E-state index in [0.29, 0.717) is 11.1 Å². The zero-order valence-corrected chi connectivity index (χ0v) is 22.3. The zero-order chi connectivity index (χ0) is 28.4. The van der Waals surface area contributed by atoms with Crippen molar-refractivity contribution >= 4 is 40.5 Å². The SMILES string of the molecule is CC1=C(C(=O)OCOC(=O)C(C)(C)C)N2C(=O)[C@H](C(C)OC(=O)OCc3ccc([N+](=O)[O-])cc3)[C@H]2S(=O)C1. The Morgan fingerprint density at radius 3 is 2.37 bits per heavy atom. The normalized spacial score (nSPS) is 21.6. The van der Waals surface area contributed by atoms with E-state index in [1.165, 1.54) is 31.2 Å². The zero-order valence-electron chi connectivity index (χ0n) is 21.5. The van der Waals surface area contributed by atoms with Gasteiger partial charge in [-0.3, -0.25) is 28.8 Å². The maximum Gasteiger partial charge on any atom is 0.508 e. The summed E-state index contributed by atoms with van der Waals surface area (Å²) in [6.07, 6.45) is -2.11. The number of nitrogens with zero attached hydrogens (tertiary/aromatic N) is 2. The highest BCUT2D eigenvalue weighted by molar-refractivity contribution is 7.86. The first-order valence-corrected chi connectivity index (χ1v) is 12.9. The summed E-state index contributed by atoms with van der Waals surface area (Å²) in [4.78, 5) is 61.0. The largest absolute Gasteiger partial charge is 0.508 e. The van der Waals surface area contributed by atoms with E-state index in [4.69, 9.17) is 18.9 Å². The Kier molecular flexibility index (Phi) is 8.54. The predicted molar refractivity (Wildman–Crippen MR) is 130 cm³/mol. The Morgan fingerprint density at radius 1 is 1.16 bits per heavy atom. The number of carbonyl (C=O) groups is 4. The second-order valence-corrected chi connectivity index (χ2v) is 11.3. The van der Waals surface area contributed by atoms with Crippen LogP contribution in [-0.2, 0) is 50.7 Å². The first-order chi connectivity index (χ1) is 17.7. The number of non-ortho nitro benzene ring substituents is 1. The summed E-state index contributed by atoms with van der Waals surface area (Å²) in [6.45, 7) is 7.03. The van der Waals surface area contributed by atoms with E-state index in [0.717, 1.165) is 4.90 Å². The third kappa shape index (κ3) is 6.18. The van der Waals surface area contributed by atoms with Crippen molar-refractivity contribution in [3.63, 3.8) is 0 Å². The van der Waals surface area contributed by atoms with Gasteiger partial charge < -0.3 is 18.9 Å². The summed E-state index contributed by atoms with van der Waals surface area (Å²) in [5.41, 5.74) is -0.146. The maximum absolute atomic E-state index is 13.0. The van der Waals surface area contributed by atoms with Gasteiger partial charge in [0.1, 0.15) is 29.7 Å². The predicted octanol–water partition coefficient (Wildman–Crippen LogP) is 2.55. The van der Waals surface area contributed by atoms with Crippen LogP contribution in [-0.4, -0.2) is 62.1 Å². The monoisotopic (exact) mass is 552 g/mol. The molecule has 0 spiro atoms. The number of amides is 1. The number of fused-ring (bicyclic) bond motifs is 1. The standard InChI is InChI=1S/C24H28N2O11S/c1-13-11-38(33)20-17(14(2)37-23(30)34-10-15-6-8-16(9-7-15)26(31)32)19(27)25(20)18(13)21(28)35-12-36-22(29)24(3,4)5/h6-9,14,17,20H,10-12H2,1-5H3/t14?,17-,20+,38?/m0/s1. The molecule has 38 heavy (non-hydrogen) atoms. The van der Waals surface area contributed by atoms with Crippen LogP contribution in [0.4, 0.5) is 10.5 Å². The van der Waals surface area contributed by atoms with Crippen molar-refractivity contribution in [2.45, 2.75) is 52.7 Å². The third-order valence-corrected chi connectivity index (χ3v) is 7.60. The lowest BCUT2D eigenvalue weighted by atomic mass is 9.91. The van der Waals surface area contributed by atoms with Gasteiger partial charge in [0.2, 0.25) is 12.7 Å². The van der Waals surface area contributed by atoms with E-state index in [2.05, 4.69) is 0 Å². The van der Waals surface area contributed by atoms with E-state index >= 15 is 0 Å². The molecular weight excluding hydrogens is 524 g/mol. The molecule has 1 fully saturated rings. The number of nitro groups is 1. The second kappa shape index (κ2) is 11.3. The van der Waals surface area contributed by atoms with Crippen LogP contribution in [0.15, 0.2) is 35.5 Å². The molecule has 4 atom stereocenters. The second-order valence-electron chi connectivity index (χ2n) is 9.80. The highest BCUT2D eigenvalue weighted by Crippen LogP contribution is 2.41. The minimum atomic E-state index is -1.58. The number of hydrogen-bond acceptors (Lipinski definition) is 11. The molecule has 14 heteroatoms. The van der Waals surface area contributed by atoms with Crippen molar-refractivity contribution < 1.29 is 47.3 Å². The van der Waals surface area contributed by atoms with Gasteiger partial charge >= 0.3 is 18.1 Å². The number of β-lactam (4-membered cyclic amide) rings is 1. The molecule has 0 radical (unpaired) electrons. The minimum absolute atomic E-state index is 0.00549. The molecule has 1 amide bonds. The van der Waals surface area contributed by atoms with Crippen molar-refractivity contribution in [1.29, 1.82) is 0 Å². The van der Waals surface area contributed by atoms with E-state index in [9.17, 15) is 33.5 Å². The smallest absolute Gasteiger partial charge is 0.430 e. The molecule has 0 N–H and O–H groups in total. The molecule has 2 aliphatic heterocycles. The van der Waals surface area contributed by atoms with Gasteiger partial charge in [-0.1, -0.05) is 0 Å². The Labute approximate surface area is 220 Å². The molecule has 0 aliphatic carbocycles. The molecule has 2 heterocycles. The van der Waals surface area contributed by atoms with Crippen LogP contribution >= 0.6 is 0 Å². The molecule has 0 bridgehead atoms. The van der Waals surface area contributed by atoms with Gasteiger partial charge in [0.25, 0.3) is 5.69 Å². The summed E-state index contributed by atoms with van der Waals surface area (Å²) in [5.74, 6) is -3.07. The molecule has 0 saturated carbocycles. The molecular formula is C24H28N2O11S. The molecule has 13 nitrogen and oxygen atoms in total. The topological polar surface area (TPSA) is 169 Å². The molecule has 2 unspecified atom stereocenters. The van der Waals surface area contributed by atoms with Crippen molar-refractivity contribution in [3.8, 4) is 0 Å². The highest BCUT2D eigenvalue weighted by atomic mass is 32.2. The molecule has 1 aromatic rings. The number of ether oxygens (including phenoxy) is 4. The van der Waals surface area contributed by atoms with Gasteiger partial charge in [0.05, 0.1) is 10.3 Å². The number of esters is 2. The quantitative estimate of drug-likeness (QED) is 0.153. The maximum atomic E-state index is 13.0. The number of benzene rings is 1. The highest BCUT2D eigenvalue weighted by Gasteiger charge is 2.59. The van der Waals surface area contributed by atoms with Crippen LogP contribution < -0.4 is 0 Å². The summed E-state index contributed by atoms with van der Waals surface area (Å²) < 4.78 is 33.0. The van der Waals surface area contributed by atoms with Crippen molar-refractivity contribution in [1.82, 2.24) is 4.90 Å². The van der Waals surface area contributed by atoms with Crippen molar-refractivity contribution in [2.75, 3.05) is 12.5 Å². The van der Waals surface area contributed by atoms with Crippen LogP contribution in [0.5, 0.6) is 0 Å². The third-order valence-electron chi connectivity index (χ3n) is 5.83. The molecule has 0 aromatic heterocycles. The summed E-state index contributed by atoms with van der Waals surface area (Å²) in [5, 5.41) is 9.80. The van der Waals surface area contributed by atoms with Gasteiger partial charge in [0, 0.05) is 28.7 Å². The average Bonchev–Trinajstić information content (AvgIpc) is 2.82. The van der Waals surface area contributed by atoms with Crippen LogP contribution in [0.1, 0.15) is 40.2 Å². The lowest BCUT2D eigenvalue weighted by molar-refractivity contribution is -0.384. The molecule has 1 aromatic carbocycles. The van der Waals surface area contributed by atoms with Crippen LogP contribution in [0.2, 0.25) is 0 Å². The van der Waals surface area contributed by atoms with Crippen LogP contribution in [0.25, 0.3) is 0 Å². The van der Waals surface area contributed by atoms with E-state index in [1.807, 2.05) is 0 Å². The van der Waals surface area contributed by atoms with Gasteiger partial charge in [-0.05, 0) is 57.9 Å². The van der Waals surface area contributed by atoms with E-state index in [1.54, 1.807) is 27.7 Å². The van der Waals surface area contributed by atoms with Gasteiger partial charge in [-0.15, -0.1) is 0 Å². The number of rotatable bonds is 8. The van der Waals surface area contributed by atoms with Gasteiger partial charge in [-0.25, -0.2) is 9.59 Å².